The molecule has 0 saturated carbocycles. The van der Waals surface area contributed by atoms with Crippen LogP contribution in [0.2, 0.25) is 0 Å². The predicted molar refractivity (Wildman–Crippen MR) is 101 cm³/mol. The molecule has 0 bridgehead atoms. The Labute approximate surface area is 168 Å². The molecule has 1 aliphatic heterocycles. The highest BCUT2D eigenvalue weighted by atomic mass is 32.2. The number of nitriles is 1. The molecule has 2 N–H and O–H groups in total. The van der Waals surface area contributed by atoms with Crippen LogP contribution >= 0.6 is 11.8 Å². The van der Waals surface area contributed by atoms with E-state index in [1.165, 1.54) is 30.0 Å². The number of ether oxygens (including phenoxy) is 1. The van der Waals surface area contributed by atoms with Gasteiger partial charge in [0.25, 0.3) is 0 Å². The lowest BCUT2D eigenvalue weighted by atomic mass is 10.2. The fourth-order valence-electron chi connectivity index (χ4n) is 2.59. The molecule has 6 nitrogen and oxygen atoms in total. The molecule has 0 radical (unpaired) electrons. The minimum Gasteiger partial charge on any atom is -0.483 e. The van der Waals surface area contributed by atoms with Gasteiger partial charge < -0.3 is 15.4 Å². The van der Waals surface area contributed by atoms with Gasteiger partial charge in [0.1, 0.15) is 11.8 Å². The van der Waals surface area contributed by atoms with Crippen molar-refractivity contribution in [3.05, 3.63) is 48.0 Å². The van der Waals surface area contributed by atoms with Crippen molar-refractivity contribution >= 4 is 35.0 Å². The first-order valence-electron chi connectivity index (χ1n) is 8.35. The molecule has 0 saturated heterocycles. The summed E-state index contributed by atoms with van der Waals surface area (Å²) >= 11 is 1.27. The van der Waals surface area contributed by atoms with Crippen molar-refractivity contribution in [2.24, 2.45) is 0 Å². The molecule has 0 spiro atoms. The molecule has 1 aliphatic rings. The lowest BCUT2D eigenvalue weighted by Crippen LogP contribution is -2.32. The Hall–Kier alpha value is -3.19. The number of carbonyl (C=O) groups is 2. The van der Waals surface area contributed by atoms with E-state index in [4.69, 9.17) is 5.26 Å². The molecule has 2 aromatic carbocycles. The Kier molecular flexibility index (Phi) is 5.98. The first-order valence-corrected chi connectivity index (χ1v) is 9.23. The molecule has 0 aromatic heterocycles. The largest absolute Gasteiger partial charge is 0.483 e. The fourth-order valence-corrected chi connectivity index (χ4v) is 3.70. The second kappa shape index (κ2) is 8.45. The van der Waals surface area contributed by atoms with Gasteiger partial charge in [-0.3, -0.25) is 9.59 Å². The molecular formula is C19H14F3N3O3S. The van der Waals surface area contributed by atoms with E-state index in [1.54, 1.807) is 18.2 Å². The van der Waals surface area contributed by atoms with E-state index in [-0.39, 0.29) is 29.3 Å². The Morgan fingerprint density at radius 2 is 2.03 bits per heavy atom. The molecule has 0 fully saturated rings. The third-order valence-electron chi connectivity index (χ3n) is 3.85. The van der Waals surface area contributed by atoms with Gasteiger partial charge in [-0.2, -0.15) is 18.4 Å². The Balaban J connectivity index is 1.63. The van der Waals surface area contributed by atoms with E-state index in [1.807, 2.05) is 12.1 Å². The predicted octanol–water partition coefficient (Wildman–Crippen LogP) is 3.94. The van der Waals surface area contributed by atoms with Crippen LogP contribution < -0.4 is 15.4 Å². The van der Waals surface area contributed by atoms with Crippen LogP contribution in [0.25, 0.3) is 0 Å². The third-order valence-corrected chi connectivity index (χ3v) is 5.13. The highest BCUT2D eigenvalue weighted by Gasteiger charge is 2.30. The number of anilines is 2. The number of nitrogens with one attached hydrogen (secondary N) is 2. The number of benzene rings is 2. The molecule has 2 amide bonds. The van der Waals surface area contributed by atoms with Crippen molar-refractivity contribution in [3.8, 4) is 11.8 Å². The van der Waals surface area contributed by atoms with Gasteiger partial charge >= 0.3 is 6.18 Å². The summed E-state index contributed by atoms with van der Waals surface area (Å²) in [4.78, 5) is 25.3. The third kappa shape index (κ3) is 5.42. The van der Waals surface area contributed by atoms with Crippen molar-refractivity contribution in [2.45, 2.75) is 22.7 Å². The lowest BCUT2D eigenvalue weighted by Gasteiger charge is -2.23. The van der Waals surface area contributed by atoms with Crippen LogP contribution in [0.4, 0.5) is 24.5 Å². The van der Waals surface area contributed by atoms with Crippen LogP contribution in [0.1, 0.15) is 12.0 Å². The minimum absolute atomic E-state index is 0.112. The molecule has 1 atom stereocenters. The summed E-state index contributed by atoms with van der Waals surface area (Å²) in [6, 6.07) is 12.7. The van der Waals surface area contributed by atoms with Crippen molar-refractivity contribution in [2.75, 3.05) is 17.2 Å². The highest BCUT2D eigenvalue weighted by molar-refractivity contribution is 8.01. The number of amides is 2. The number of carbonyl (C=O) groups excluding carboxylic acids is 2. The van der Waals surface area contributed by atoms with Gasteiger partial charge in [0, 0.05) is 17.0 Å². The van der Waals surface area contributed by atoms with E-state index < -0.39 is 23.9 Å². The van der Waals surface area contributed by atoms with E-state index in [2.05, 4.69) is 15.4 Å². The van der Waals surface area contributed by atoms with E-state index in [9.17, 15) is 22.8 Å². The van der Waals surface area contributed by atoms with Gasteiger partial charge in [-0.25, -0.2) is 0 Å². The maximum Gasteiger partial charge on any atom is 0.422 e. The van der Waals surface area contributed by atoms with Crippen LogP contribution in [0, 0.1) is 11.3 Å². The highest BCUT2D eigenvalue weighted by Crippen LogP contribution is 2.36. The number of fused-ring (bicyclic) bond motifs is 1. The zero-order valence-electron chi connectivity index (χ0n) is 14.7. The summed E-state index contributed by atoms with van der Waals surface area (Å²) < 4.78 is 41.4. The zero-order chi connectivity index (χ0) is 21.0. The number of halogens is 3. The number of nitrogens with zero attached hydrogens (tertiary/aromatic N) is 1. The summed E-state index contributed by atoms with van der Waals surface area (Å²) in [5, 5.41) is 13.8. The average Bonchev–Trinajstić information content (AvgIpc) is 2.66. The number of thioether (sulfide) groups is 1. The van der Waals surface area contributed by atoms with Gasteiger partial charge in [0.05, 0.1) is 16.5 Å². The molecule has 2 aromatic rings. The molecule has 0 aliphatic carbocycles. The van der Waals surface area contributed by atoms with Crippen LogP contribution in [0.5, 0.6) is 5.75 Å². The number of rotatable bonds is 5. The van der Waals surface area contributed by atoms with Gasteiger partial charge in [-0.05, 0) is 30.3 Å². The molecule has 1 heterocycles. The van der Waals surface area contributed by atoms with E-state index in [0.29, 0.717) is 5.69 Å². The Morgan fingerprint density at radius 3 is 2.76 bits per heavy atom. The second-order valence-corrected chi connectivity index (χ2v) is 7.32. The minimum atomic E-state index is -4.53. The Morgan fingerprint density at radius 1 is 1.28 bits per heavy atom. The number of para-hydroxylation sites is 1. The normalized spacial score (nSPS) is 15.7. The SMILES string of the molecule is N#Cc1cc(NC(=O)CC2Sc3ccccc3NC2=O)ccc1OCC(F)(F)F. The first kappa shape index (κ1) is 20.5. The monoisotopic (exact) mass is 421 g/mol. The second-order valence-electron chi connectivity index (χ2n) is 6.07. The smallest absolute Gasteiger partial charge is 0.422 e. The quantitative estimate of drug-likeness (QED) is 0.763. The topological polar surface area (TPSA) is 91.2 Å². The van der Waals surface area contributed by atoms with Crippen LogP contribution in [-0.4, -0.2) is 29.8 Å². The molecule has 150 valence electrons. The van der Waals surface area contributed by atoms with Crippen LogP contribution in [0.15, 0.2) is 47.4 Å². The first-order chi connectivity index (χ1) is 13.7. The fraction of sp³-hybridized carbons (Fsp3) is 0.211. The Bertz CT molecular complexity index is 989. The average molecular weight is 421 g/mol. The van der Waals surface area contributed by atoms with Gasteiger partial charge in [0.2, 0.25) is 11.8 Å². The lowest BCUT2D eigenvalue weighted by molar-refractivity contribution is -0.153. The maximum atomic E-state index is 12.3. The summed E-state index contributed by atoms with van der Waals surface area (Å²) in [5.74, 6) is -0.996. The van der Waals surface area contributed by atoms with Crippen LogP contribution in [0.3, 0.4) is 0 Å². The molecular weight excluding hydrogens is 407 g/mol. The van der Waals surface area contributed by atoms with Crippen molar-refractivity contribution in [3.63, 3.8) is 0 Å². The summed E-state index contributed by atoms with van der Waals surface area (Å²) in [6.07, 6.45) is -4.64. The van der Waals surface area contributed by atoms with Crippen LogP contribution in [-0.2, 0) is 9.59 Å². The van der Waals surface area contributed by atoms with Gasteiger partial charge in [-0.1, -0.05) is 12.1 Å². The number of hydrogen-bond acceptors (Lipinski definition) is 5. The van der Waals surface area contributed by atoms with Gasteiger partial charge in [-0.15, -0.1) is 11.8 Å². The molecule has 3 rings (SSSR count). The van der Waals surface area contributed by atoms with E-state index in [0.717, 1.165) is 4.90 Å². The van der Waals surface area contributed by atoms with E-state index >= 15 is 0 Å². The van der Waals surface area contributed by atoms with Crippen molar-refractivity contribution in [1.29, 1.82) is 5.26 Å². The van der Waals surface area contributed by atoms with Crippen molar-refractivity contribution in [1.82, 2.24) is 0 Å². The summed E-state index contributed by atoms with van der Waals surface area (Å²) in [5.41, 5.74) is 0.755. The number of hydrogen-bond donors (Lipinski definition) is 2. The molecule has 1 unspecified atom stereocenters. The molecule has 29 heavy (non-hydrogen) atoms. The number of alkyl halides is 3. The summed E-state index contributed by atoms with van der Waals surface area (Å²) in [7, 11) is 0. The standard InChI is InChI=1S/C19H14F3N3O3S/c20-19(21,22)10-28-14-6-5-12(7-11(14)9-23)24-17(26)8-16-18(27)25-13-3-1-2-4-15(13)29-16/h1-7,16H,8,10H2,(H,24,26)(H,25,27). The maximum absolute atomic E-state index is 12.3. The zero-order valence-corrected chi connectivity index (χ0v) is 15.6. The van der Waals surface area contributed by atoms with Gasteiger partial charge in [0.15, 0.2) is 6.61 Å². The van der Waals surface area contributed by atoms with Crippen molar-refractivity contribution < 1.29 is 27.5 Å². The molecule has 10 heteroatoms. The summed E-state index contributed by atoms with van der Waals surface area (Å²) in [6.45, 7) is -1.52.